The summed E-state index contributed by atoms with van der Waals surface area (Å²) in [6.07, 6.45) is 0.129. The zero-order valence-corrected chi connectivity index (χ0v) is 15.8. The number of hydrogen-bond acceptors (Lipinski definition) is 5. The Morgan fingerprint density at radius 3 is 2.65 bits per heavy atom. The SMILES string of the molecule is Cc1nc2sc([C@H](c3ccccc3F)[NH+]3C[C@@H](C)O[C@H](C)C3)c(O)n2n1. The van der Waals surface area contributed by atoms with Gasteiger partial charge in [0.2, 0.25) is 10.8 Å². The fourth-order valence-electron chi connectivity index (χ4n) is 3.84. The lowest BCUT2D eigenvalue weighted by Gasteiger charge is -2.37. The number of aromatic nitrogens is 3. The molecule has 2 N–H and O–H groups in total. The number of aromatic hydroxyl groups is 1. The number of halogens is 1. The lowest BCUT2D eigenvalue weighted by molar-refractivity contribution is -0.939. The van der Waals surface area contributed by atoms with Crippen LogP contribution >= 0.6 is 11.3 Å². The van der Waals surface area contributed by atoms with E-state index >= 15 is 0 Å². The summed E-state index contributed by atoms with van der Waals surface area (Å²) in [6.45, 7) is 7.30. The van der Waals surface area contributed by atoms with E-state index in [0.717, 1.165) is 18.0 Å². The van der Waals surface area contributed by atoms with Gasteiger partial charge in [0.25, 0.3) is 0 Å². The third kappa shape index (κ3) is 2.98. The summed E-state index contributed by atoms with van der Waals surface area (Å²) in [5, 5.41) is 15.0. The van der Waals surface area contributed by atoms with Crippen molar-refractivity contribution in [2.24, 2.45) is 0 Å². The van der Waals surface area contributed by atoms with Crippen molar-refractivity contribution in [2.75, 3.05) is 13.1 Å². The van der Waals surface area contributed by atoms with Crippen molar-refractivity contribution in [3.05, 3.63) is 46.3 Å². The first-order valence-electron chi connectivity index (χ1n) is 8.73. The van der Waals surface area contributed by atoms with Crippen LogP contribution in [0.5, 0.6) is 5.88 Å². The predicted molar refractivity (Wildman–Crippen MR) is 96.2 cm³/mol. The van der Waals surface area contributed by atoms with Gasteiger partial charge < -0.3 is 14.7 Å². The molecule has 0 bridgehead atoms. The first-order valence-corrected chi connectivity index (χ1v) is 9.55. The van der Waals surface area contributed by atoms with Gasteiger partial charge in [-0.25, -0.2) is 9.37 Å². The van der Waals surface area contributed by atoms with E-state index in [0.29, 0.717) is 21.2 Å². The van der Waals surface area contributed by atoms with Crippen molar-refractivity contribution < 1.29 is 19.1 Å². The molecule has 26 heavy (non-hydrogen) atoms. The fraction of sp³-hybridized carbons (Fsp3) is 0.444. The Bertz CT molecular complexity index is 931. The number of nitrogens with zero attached hydrogens (tertiary/aromatic N) is 3. The summed E-state index contributed by atoms with van der Waals surface area (Å²) in [4.78, 5) is 6.81. The summed E-state index contributed by atoms with van der Waals surface area (Å²) in [7, 11) is 0. The molecule has 0 aliphatic carbocycles. The minimum absolute atomic E-state index is 0.0400. The molecule has 0 radical (unpaired) electrons. The van der Waals surface area contributed by atoms with Gasteiger partial charge >= 0.3 is 0 Å². The number of quaternary nitrogens is 1. The second kappa shape index (κ2) is 6.61. The number of aryl methyl sites for hydroxylation is 1. The van der Waals surface area contributed by atoms with Crippen LogP contribution in [0.2, 0.25) is 0 Å². The van der Waals surface area contributed by atoms with Crippen LogP contribution in [-0.2, 0) is 4.74 Å². The maximum absolute atomic E-state index is 14.7. The van der Waals surface area contributed by atoms with E-state index in [4.69, 9.17) is 4.74 Å². The average molecular weight is 377 g/mol. The highest BCUT2D eigenvalue weighted by molar-refractivity contribution is 7.17. The van der Waals surface area contributed by atoms with Crippen molar-refractivity contribution in [2.45, 2.75) is 39.0 Å². The molecular weight excluding hydrogens is 355 g/mol. The van der Waals surface area contributed by atoms with Gasteiger partial charge in [-0.05, 0) is 32.9 Å². The first kappa shape index (κ1) is 17.4. The minimum atomic E-state index is -0.334. The Morgan fingerprint density at radius 1 is 1.31 bits per heavy atom. The van der Waals surface area contributed by atoms with E-state index in [2.05, 4.69) is 10.1 Å². The molecule has 8 heteroatoms. The Kier molecular flexibility index (Phi) is 4.42. The molecule has 2 aromatic heterocycles. The first-order chi connectivity index (χ1) is 12.4. The van der Waals surface area contributed by atoms with Crippen molar-refractivity contribution in [1.82, 2.24) is 14.6 Å². The van der Waals surface area contributed by atoms with E-state index in [1.165, 1.54) is 21.9 Å². The summed E-state index contributed by atoms with van der Waals surface area (Å²) in [5.41, 5.74) is 0.570. The van der Waals surface area contributed by atoms with Gasteiger partial charge in [0.1, 0.15) is 41.8 Å². The van der Waals surface area contributed by atoms with Crippen LogP contribution in [0.3, 0.4) is 0 Å². The Labute approximate surface area is 154 Å². The highest BCUT2D eigenvalue weighted by atomic mass is 32.1. The van der Waals surface area contributed by atoms with Crippen LogP contribution in [0.15, 0.2) is 24.3 Å². The third-order valence-corrected chi connectivity index (χ3v) is 5.84. The zero-order valence-electron chi connectivity index (χ0n) is 14.9. The second-order valence-corrected chi connectivity index (χ2v) is 7.93. The molecular formula is C18H22FN4O2S+. The van der Waals surface area contributed by atoms with E-state index in [1.54, 1.807) is 19.1 Å². The molecule has 0 amide bonds. The van der Waals surface area contributed by atoms with Crippen LogP contribution in [-0.4, -0.2) is 45.0 Å². The van der Waals surface area contributed by atoms with Crippen LogP contribution < -0.4 is 4.90 Å². The van der Waals surface area contributed by atoms with Crippen LogP contribution in [0.4, 0.5) is 4.39 Å². The Morgan fingerprint density at radius 2 is 2.00 bits per heavy atom. The van der Waals surface area contributed by atoms with Crippen molar-refractivity contribution in [3.63, 3.8) is 0 Å². The van der Waals surface area contributed by atoms with E-state index < -0.39 is 0 Å². The quantitative estimate of drug-likeness (QED) is 0.730. The third-order valence-electron chi connectivity index (χ3n) is 4.76. The Balaban J connectivity index is 1.85. The highest BCUT2D eigenvalue weighted by Gasteiger charge is 2.38. The smallest absolute Gasteiger partial charge is 0.235 e. The van der Waals surface area contributed by atoms with Crippen molar-refractivity contribution in [1.29, 1.82) is 0 Å². The van der Waals surface area contributed by atoms with Gasteiger partial charge in [0.05, 0.1) is 5.56 Å². The molecule has 1 aromatic carbocycles. The van der Waals surface area contributed by atoms with Gasteiger partial charge in [0, 0.05) is 0 Å². The number of rotatable bonds is 3. The normalized spacial score (nSPS) is 24.8. The summed E-state index contributed by atoms with van der Waals surface area (Å²) >= 11 is 1.36. The Hall–Kier alpha value is -2.03. The van der Waals surface area contributed by atoms with Gasteiger partial charge in [-0.3, -0.25) is 0 Å². The van der Waals surface area contributed by atoms with Gasteiger partial charge in [-0.15, -0.1) is 5.10 Å². The molecule has 1 fully saturated rings. The van der Waals surface area contributed by atoms with Crippen LogP contribution in [0, 0.1) is 12.7 Å². The molecule has 3 aromatic rings. The molecule has 0 saturated carbocycles. The zero-order chi connectivity index (χ0) is 18.4. The number of hydrogen-bond donors (Lipinski definition) is 2. The molecule has 4 rings (SSSR count). The molecule has 138 valence electrons. The number of benzene rings is 1. The molecule has 0 unspecified atom stereocenters. The fourth-order valence-corrected chi connectivity index (χ4v) is 5.02. The van der Waals surface area contributed by atoms with E-state index in [9.17, 15) is 9.50 Å². The lowest BCUT2D eigenvalue weighted by Crippen LogP contribution is -3.15. The number of fused-ring (bicyclic) bond motifs is 1. The molecule has 0 spiro atoms. The van der Waals surface area contributed by atoms with E-state index in [1.807, 2.05) is 19.9 Å². The monoisotopic (exact) mass is 377 g/mol. The largest absolute Gasteiger partial charge is 0.492 e. The van der Waals surface area contributed by atoms with Crippen molar-refractivity contribution >= 4 is 16.3 Å². The molecule has 1 aliphatic heterocycles. The number of morpholine rings is 1. The number of ether oxygens (including phenoxy) is 1. The number of thiazole rings is 1. The van der Waals surface area contributed by atoms with E-state index in [-0.39, 0.29) is 29.9 Å². The molecule has 6 nitrogen and oxygen atoms in total. The van der Waals surface area contributed by atoms with Gasteiger partial charge in [-0.1, -0.05) is 23.5 Å². The standard InChI is InChI=1S/C18H21FN4O2S/c1-10-8-22(9-11(2)25-10)15(13-6-4-5-7-14(13)19)16-17(24)23-18(26-16)20-12(3)21-23/h4-7,10-11,15,24H,8-9H2,1-3H3/p+1/t10-,11-,15+/m1/s1. The topological polar surface area (TPSA) is 64.1 Å². The highest BCUT2D eigenvalue weighted by Crippen LogP contribution is 2.36. The molecule has 1 saturated heterocycles. The maximum atomic E-state index is 14.7. The second-order valence-electron chi connectivity index (χ2n) is 6.92. The van der Waals surface area contributed by atoms with Gasteiger partial charge in [0.15, 0.2) is 6.04 Å². The van der Waals surface area contributed by atoms with Crippen LogP contribution in [0.1, 0.15) is 36.2 Å². The molecule has 1 aliphatic rings. The predicted octanol–water partition coefficient (Wildman–Crippen LogP) is 1.73. The van der Waals surface area contributed by atoms with Gasteiger partial charge in [-0.2, -0.15) is 4.52 Å². The maximum Gasteiger partial charge on any atom is 0.235 e. The minimum Gasteiger partial charge on any atom is -0.492 e. The van der Waals surface area contributed by atoms with Crippen molar-refractivity contribution in [3.8, 4) is 5.88 Å². The number of nitrogens with one attached hydrogen (secondary N) is 1. The summed E-state index contributed by atoms with van der Waals surface area (Å²) < 4.78 is 22.0. The molecule has 3 atom stereocenters. The lowest BCUT2D eigenvalue weighted by atomic mass is 10.0. The van der Waals surface area contributed by atoms with Crippen LogP contribution in [0.25, 0.3) is 4.96 Å². The summed E-state index contributed by atoms with van der Waals surface area (Å²) in [5.74, 6) is 0.367. The summed E-state index contributed by atoms with van der Waals surface area (Å²) in [6, 6.07) is 6.43. The molecule has 3 heterocycles. The average Bonchev–Trinajstić information content (AvgIpc) is 3.07.